The smallest absolute Gasteiger partial charge is 0.258 e. The van der Waals surface area contributed by atoms with Gasteiger partial charge in [0.05, 0.1) is 18.7 Å². The number of benzene rings is 2. The first-order valence-electron chi connectivity index (χ1n) is 9.44. The molecule has 2 aromatic carbocycles. The Bertz CT molecular complexity index is 1060. The third-order valence-electron chi connectivity index (χ3n) is 5.03. The van der Waals surface area contributed by atoms with Crippen molar-refractivity contribution in [3.63, 3.8) is 0 Å². The lowest BCUT2D eigenvalue weighted by molar-refractivity contribution is 0.397. The zero-order valence-corrected chi connectivity index (χ0v) is 17.4. The second-order valence-corrected chi connectivity index (χ2v) is 7.08. The Morgan fingerprint density at radius 3 is 2.69 bits per heavy atom. The number of nitrogens with zero attached hydrogens (tertiary/aromatic N) is 3. The summed E-state index contributed by atoms with van der Waals surface area (Å²) in [4.78, 5) is 6.73. The van der Waals surface area contributed by atoms with Gasteiger partial charge in [-0.25, -0.2) is 0 Å². The summed E-state index contributed by atoms with van der Waals surface area (Å²) < 4.78 is 11.1. The summed E-state index contributed by atoms with van der Waals surface area (Å²) in [6.07, 6.45) is 0. The van der Waals surface area contributed by atoms with Crippen molar-refractivity contribution in [1.82, 2.24) is 20.4 Å². The number of rotatable bonds is 5. The molecule has 0 spiro atoms. The van der Waals surface area contributed by atoms with Crippen LogP contribution in [0.5, 0.6) is 5.75 Å². The molecule has 0 saturated heterocycles. The Balaban J connectivity index is 1.82. The molecule has 1 N–H and O–H groups in total. The van der Waals surface area contributed by atoms with Gasteiger partial charge in [-0.15, -0.1) is 0 Å². The van der Waals surface area contributed by atoms with Crippen LogP contribution in [0, 0.1) is 0 Å². The predicted molar refractivity (Wildman–Crippen MR) is 116 cm³/mol. The fourth-order valence-corrected chi connectivity index (χ4v) is 3.93. The topological polar surface area (TPSA) is 63.4 Å². The number of nitrogens with one attached hydrogen (secondary N) is 1. The first-order chi connectivity index (χ1) is 14.1. The molecule has 148 valence electrons. The highest BCUT2D eigenvalue weighted by Gasteiger charge is 2.33. The van der Waals surface area contributed by atoms with Gasteiger partial charge in [0, 0.05) is 17.8 Å². The van der Waals surface area contributed by atoms with Gasteiger partial charge in [0.15, 0.2) is 5.11 Å². The van der Waals surface area contributed by atoms with Crippen molar-refractivity contribution in [2.75, 3.05) is 13.7 Å². The van der Waals surface area contributed by atoms with Crippen LogP contribution >= 0.6 is 12.2 Å². The van der Waals surface area contributed by atoms with Crippen molar-refractivity contribution in [1.29, 1.82) is 0 Å². The number of allylic oxidation sites excluding steroid dienone is 1. The fraction of sp³-hybridized carbons (Fsp3) is 0.227. The van der Waals surface area contributed by atoms with E-state index in [9.17, 15) is 0 Å². The monoisotopic (exact) mass is 406 g/mol. The molecular weight excluding hydrogens is 384 g/mol. The normalized spacial score (nSPS) is 16.7. The maximum Gasteiger partial charge on any atom is 0.258 e. The van der Waals surface area contributed by atoms with E-state index in [0.717, 1.165) is 34.7 Å². The van der Waals surface area contributed by atoms with E-state index in [0.29, 0.717) is 16.8 Å². The quantitative estimate of drug-likeness (QED) is 0.629. The van der Waals surface area contributed by atoms with E-state index in [1.807, 2.05) is 66.4 Å². The molecule has 0 fully saturated rings. The number of ether oxygens (including phenoxy) is 1. The standard InChI is InChI=1S/C22H22N4O2S/c1-4-26-14(2)18(21-24-20(25-28-21)15-9-6-5-7-10-15)19(23-22(26)29)16-11-8-12-17(13-16)27-3/h5-13,19H,4H2,1-3H3,(H,23,29). The SMILES string of the molecule is CCN1C(=S)NC(c2cccc(OC)c2)C(c2nc(-c3ccccc3)no2)=C1C. The van der Waals surface area contributed by atoms with Gasteiger partial charge in [-0.2, -0.15) is 4.98 Å². The van der Waals surface area contributed by atoms with Crippen molar-refractivity contribution in [2.24, 2.45) is 0 Å². The third-order valence-corrected chi connectivity index (χ3v) is 5.37. The molecule has 2 heterocycles. The molecule has 0 bridgehead atoms. The van der Waals surface area contributed by atoms with Gasteiger partial charge >= 0.3 is 0 Å². The van der Waals surface area contributed by atoms with E-state index in [1.165, 1.54) is 0 Å². The van der Waals surface area contributed by atoms with E-state index in [-0.39, 0.29) is 6.04 Å². The van der Waals surface area contributed by atoms with Crippen molar-refractivity contribution in [3.8, 4) is 17.1 Å². The molecule has 1 aromatic heterocycles. The number of methoxy groups -OCH3 is 1. The molecule has 1 aliphatic heterocycles. The summed E-state index contributed by atoms with van der Waals surface area (Å²) >= 11 is 5.61. The number of hydrogen-bond donors (Lipinski definition) is 1. The second kappa shape index (κ2) is 8.05. The lowest BCUT2D eigenvalue weighted by Crippen LogP contribution is -2.45. The summed E-state index contributed by atoms with van der Waals surface area (Å²) in [6.45, 7) is 4.83. The Morgan fingerprint density at radius 2 is 1.97 bits per heavy atom. The summed E-state index contributed by atoms with van der Waals surface area (Å²) in [5.74, 6) is 1.81. The molecular formula is C22H22N4O2S. The molecule has 0 amide bonds. The molecule has 1 atom stereocenters. The van der Waals surface area contributed by atoms with E-state index >= 15 is 0 Å². The molecule has 0 saturated carbocycles. The van der Waals surface area contributed by atoms with Crippen LogP contribution in [-0.4, -0.2) is 33.8 Å². The average Bonchev–Trinajstić information content (AvgIpc) is 3.24. The van der Waals surface area contributed by atoms with E-state index in [1.54, 1.807) is 7.11 Å². The van der Waals surface area contributed by atoms with Crippen LogP contribution in [0.4, 0.5) is 0 Å². The molecule has 7 heteroatoms. The van der Waals surface area contributed by atoms with Crippen LogP contribution in [0.2, 0.25) is 0 Å². The van der Waals surface area contributed by atoms with Crippen molar-refractivity contribution >= 4 is 22.9 Å². The Morgan fingerprint density at radius 1 is 1.17 bits per heavy atom. The van der Waals surface area contributed by atoms with Crippen LogP contribution in [0.25, 0.3) is 17.0 Å². The predicted octanol–water partition coefficient (Wildman–Crippen LogP) is 4.43. The highest BCUT2D eigenvalue weighted by atomic mass is 32.1. The minimum Gasteiger partial charge on any atom is -0.497 e. The van der Waals surface area contributed by atoms with Crippen LogP contribution in [0.1, 0.15) is 31.3 Å². The molecule has 0 aliphatic carbocycles. The van der Waals surface area contributed by atoms with Crippen molar-refractivity contribution in [3.05, 3.63) is 71.7 Å². The minimum absolute atomic E-state index is 0.218. The molecule has 1 unspecified atom stereocenters. The molecule has 4 rings (SSSR count). The first-order valence-corrected chi connectivity index (χ1v) is 9.85. The molecule has 29 heavy (non-hydrogen) atoms. The van der Waals surface area contributed by atoms with Crippen molar-refractivity contribution in [2.45, 2.75) is 19.9 Å². The van der Waals surface area contributed by atoms with Gasteiger partial charge in [0.2, 0.25) is 5.82 Å². The van der Waals surface area contributed by atoms with Crippen LogP contribution in [0.15, 0.2) is 64.8 Å². The molecule has 1 aliphatic rings. The zero-order valence-electron chi connectivity index (χ0n) is 16.5. The summed E-state index contributed by atoms with van der Waals surface area (Å²) in [6, 6.07) is 17.5. The maximum atomic E-state index is 5.71. The van der Waals surface area contributed by atoms with Gasteiger partial charge < -0.3 is 19.5 Å². The van der Waals surface area contributed by atoms with E-state index in [4.69, 9.17) is 21.5 Å². The molecule has 6 nitrogen and oxygen atoms in total. The Hall–Kier alpha value is -3.19. The Kier molecular flexibility index (Phi) is 5.31. The van der Waals surface area contributed by atoms with Gasteiger partial charge in [-0.05, 0) is 43.8 Å². The van der Waals surface area contributed by atoms with Gasteiger partial charge in [0.25, 0.3) is 5.89 Å². The highest BCUT2D eigenvalue weighted by molar-refractivity contribution is 7.80. The lowest BCUT2D eigenvalue weighted by atomic mass is 9.94. The maximum absolute atomic E-state index is 5.71. The number of aromatic nitrogens is 2. The van der Waals surface area contributed by atoms with E-state index < -0.39 is 0 Å². The van der Waals surface area contributed by atoms with E-state index in [2.05, 4.69) is 22.4 Å². The summed E-state index contributed by atoms with van der Waals surface area (Å²) in [5.41, 5.74) is 3.82. The largest absolute Gasteiger partial charge is 0.497 e. The second-order valence-electron chi connectivity index (χ2n) is 6.69. The third kappa shape index (κ3) is 3.61. The number of hydrogen-bond acceptors (Lipinski definition) is 5. The summed E-state index contributed by atoms with van der Waals surface area (Å²) in [5, 5.41) is 8.30. The summed E-state index contributed by atoms with van der Waals surface area (Å²) in [7, 11) is 1.66. The fourth-order valence-electron chi connectivity index (χ4n) is 3.55. The number of thiocarbonyl (C=S) groups is 1. The van der Waals surface area contributed by atoms with Gasteiger partial charge in [0.1, 0.15) is 5.75 Å². The Labute approximate surface area is 175 Å². The molecule has 3 aromatic rings. The van der Waals surface area contributed by atoms with Crippen LogP contribution < -0.4 is 10.1 Å². The average molecular weight is 407 g/mol. The van der Waals surface area contributed by atoms with Gasteiger partial charge in [-0.1, -0.05) is 47.6 Å². The minimum atomic E-state index is -0.218. The van der Waals surface area contributed by atoms with Crippen molar-refractivity contribution < 1.29 is 9.26 Å². The first kappa shape index (κ1) is 19.1. The van der Waals surface area contributed by atoms with Crippen LogP contribution in [-0.2, 0) is 0 Å². The highest BCUT2D eigenvalue weighted by Crippen LogP contribution is 2.38. The molecule has 0 radical (unpaired) electrons. The zero-order chi connectivity index (χ0) is 20.4. The lowest BCUT2D eigenvalue weighted by Gasteiger charge is -2.36. The van der Waals surface area contributed by atoms with Gasteiger partial charge in [-0.3, -0.25) is 0 Å². The van der Waals surface area contributed by atoms with Crippen LogP contribution in [0.3, 0.4) is 0 Å².